The van der Waals surface area contributed by atoms with Gasteiger partial charge in [0.2, 0.25) is 5.91 Å². The van der Waals surface area contributed by atoms with Gasteiger partial charge in [0.15, 0.2) is 0 Å². The second-order valence-electron chi connectivity index (χ2n) is 4.46. The minimum atomic E-state index is -0.368. The van der Waals surface area contributed by atoms with Crippen molar-refractivity contribution in [2.24, 2.45) is 11.7 Å². The summed E-state index contributed by atoms with van der Waals surface area (Å²) in [6, 6.07) is 7.52. The van der Waals surface area contributed by atoms with E-state index in [-0.39, 0.29) is 24.2 Å². The summed E-state index contributed by atoms with van der Waals surface area (Å²) >= 11 is 0. The molecule has 1 aromatic rings. The number of carbonyl (C=O) groups excluding carboxylic acids is 2. The maximum absolute atomic E-state index is 10.9. The van der Waals surface area contributed by atoms with E-state index in [1.807, 2.05) is 24.3 Å². The van der Waals surface area contributed by atoms with E-state index in [1.165, 1.54) is 0 Å². The first-order valence-electron chi connectivity index (χ1n) is 5.99. The van der Waals surface area contributed by atoms with Crippen molar-refractivity contribution in [1.82, 2.24) is 0 Å². The number of hydrogen-bond acceptors (Lipinski definition) is 3. The molecule has 0 spiro atoms. The molecule has 0 saturated carbocycles. The van der Waals surface area contributed by atoms with Gasteiger partial charge in [-0.25, -0.2) is 0 Å². The van der Waals surface area contributed by atoms with E-state index in [1.54, 1.807) is 13.8 Å². The van der Waals surface area contributed by atoms with Gasteiger partial charge < -0.3 is 15.3 Å². The van der Waals surface area contributed by atoms with Gasteiger partial charge in [0, 0.05) is 6.42 Å². The van der Waals surface area contributed by atoms with Gasteiger partial charge in [-0.05, 0) is 31.0 Å². The minimum Gasteiger partial charge on any atom is -0.493 e. The number of primary amides is 1. The first-order valence-corrected chi connectivity index (χ1v) is 5.99. The van der Waals surface area contributed by atoms with Crippen LogP contribution < -0.4 is 10.5 Å². The summed E-state index contributed by atoms with van der Waals surface area (Å²) < 4.78 is 5.44. The van der Waals surface area contributed by atoms with E-state index < -0.39 is 0 Å². The molecule has 0 aliphatic rings. The maximum Gasteiger partial charge on any atom is 0.223 e. The zero-order valence-corrected chi connectivity index (χ0v) is 10.8. The van der Waals surface area contributed by atoms with E-state index in [0.717, 1.165) is 12.0 Å². The monoisotopic (exact) mass is 249 g/mol. The lowest BCUT2D eigenvalue weighted by Crippen LogP contribution is -2.25. The quantitative estimate of drug-likeness (QED) is 0.799. The molecule has 1 unspecified atom stereocenters. The third kappa shape index (κ3) is 4.99. The highest BCUT2D eigenvalue weighted by Gasteiger charge is 2.09. The Hall–Kier alpha value is -1.84. The molecular formula is C14H19NO3. The van der Waals surface area contributed by atoms with Crippen molar-refractivity contribution in [2.45, 2.75) is 26.7 Å². The average Bonchev–Trinajstić information content (AvgIpc) is 2.34. The third-order valence-electron chi connectivity index (χ3n) is 2.67. The summed E-state index contributed by atoms with van der Waals surface area (Å²) in [6.45, 7) is 3.59. The van der Waals surface area contributed by atoms with Gasteiger partial charge in [-0.1, -0.05) is 19.1 Å². The topological polar surface area (TPSA) is 69.4 Å². The first kappa shape index (κ1) is 14.2. The van der Waals surface area contributed by atoms with Crippen molar-refractivity contribution in [1.29, 1.82) is 0 Å². The van der Waals surface area contributed by atoms with E-state index in [4.69, 9.17) is 10.5 Å². The number of rotatable bonds is 7. The van der Waals surface area contributed by atoms with Crippen LogP contribution in [0.2, 0.25) is 0 Å². The summed E-state index contributed by atoms with van der Waals surface area (Å²) in [4.78, 5) is 21.7. The van der Waals surface area contributed by atoms with E-state index in [2.05, 4.69) is 0 Å². The van der Waals surface area contributed by atoms with Crippen molar-refractivity contribution >= 4 is 11.7 Å². The van der Waals surface area contributed by atoms with Gasteiger partial charge >= 0.3 is 0 Å². The molecule has 1 amide bonds. The molecule has 0 radical (unpaired) electrons. The molecule has 0 heterocycles. The average molecular weight is 249 g/mol. The van der Waals surface area contributed by atoms with Crippen LogP contribution in [-0.2, 0) is 16.0 Å². The zero-order chi connectivity index (χ0) is 13.5. The molecule has 0 fully saturated rings. The molecule has 4 heteroatoms. The summed E-state index contributed by atoms with van der Waals surface area (Å²) in [6.07, 6.45) is 1.30. The molecule has 1 rings (SSSR count). The van der Waals surface area contributed by atoms with Crippen molar-refractivity contribution < 1.29 is 14.3 Å². The summed E-state index contributed by atoms with van der Waals surface area (Å²) in [5.74, 6) is 0.218. The Labute approximate surface area is 107 Å². The fourth-order valence-electron chi connectivity index (χ4n) is 1.38. The fourth-order valence-corrected chi connectivity index (χ4v) is 1.38. The lowest BCUT2D eigenvalue weighted by molar-refractivity contribution is -0.122. The number of carbonyl (C=O) groups is 2. The molecule has 4 nitrogen and oxygen atoms in total. The van der Waals surface area contributed by atoms with Crippen LogP contribution in [0.5, 0.6) is 5.75 Å². The minimum absolute atomic E-state index is 0.186. The van der Waals surface area contributed by atoms with Crippen molar-refractivity contribution in [3.8, 4) is 5.75 Å². The number of amides is 1. The number of hydrogen-bond donors (Lipinski definition) is 1. The van der Waals surface area contributed by atoms with Gasteiger partial charge in [-0.15, -0.1) is 0 Å². The molecule has 0 bridgehead atoms. The van der Waals surface area contributed by atoms with Crippen LogP contribution in [0.15, 0.2) is 24.3 Å². The molecule has 0 aliphatic heterocycles. The predicted molar refractivity (Wildman–Crippen MR) is 69.3 cm³/mol. The number of Topliss-reactive ketones (excluding diaryl/α,β-unsaturated/α-hetero) is 1. The molecule has 1 atom stereocenters. The van der Waals surface area contributed by atoms with E-state index in [9.17, 15) is 9.59 Å². The summed E-state index contributed by atoms with van der Waals surface area (Å²) in [7, 11) is 0. The Balaban J connectivity index is 2.45. The van der Waals surface area contributed by atoms with Crippen LogP contribution >= 0.6 is 0 Å². The molecule has 0 saturated heterocycles. The van der Waals surface area contributed by atoms with Gasteiger partial charge in [0.1, 0.15) is 11.5 Å². The zero-order valence-electron chi connectivity index (χ0n) is 10.8. The number of ether oxygens (including phenoxy) is 1. The highest BCUT2D eigenvalue weighted by Crippen LogP contribution is 2.14. The number of benzene rings is 1. The van der Waals surface area contributed by atoms with Gasteiger partial charge in [0.25, 0.3) is 0 Å². The number of aryl methyl sites for hydroxylation is 1. The largest absolute Gasteiger partial charge is 0.493 e. The van der Waals surface area contributed by atoms with Crippen LogP contribution in [0, 0.1) is 5.92 Å². The molecule has 0 aliphatic carbocycles. The SMILES string of the molecule is CC(=O)CCc1ccc(OCC(C)C(N)=O)cc1. The van der Waals surface area contributed by atoms with Crippen LogP contribution in [0.25, 0.3) is 0 Å². The fraction of sp³-hybridized carbons (Fsp3) is 0.429. The Morgan fingerprint density at radius 2 is 1.89 bits per heavy atom. The number of ketones is 1. The molecule has 2 N–H and O–H groups in total. The predicted octanol–water partition coefficient (Wildman–Crippen LogP) is 1.71. The molecule has 0 aromatic heterocycles. The Bertz CT molecular complexity index is 412. The lowest BCUT2D eigenvalue weighted by Gasteiger charge is -2.10. The van der Waals surface area contributed by atoms with Crippen LogP contribution in [0.4, 0.5) is 0 Å². The molecule has 18 heavy (non-hydrogen) atoms. The molecule has 1 aromatic carbocycles. The first-order chi connectivity index (χ1) is 8.49. The second kappa shape index (κ2) is 6.79. The highest BCUT2D eigenvalue weighted by atomic mass is 16.5. The van der Waals surface area contributed by atoms with Gasteiger partial charge in [-0.2, -0.15) is 0 Å². The molecule has 98 valence electrons. The highest BCUT2D eigenvalue weighted by molar-refractivity contribution is 5.76. The summed E-state index contributed by atoms with van der Waals surface area (Å²) in [5.41, 5.74) is 6.24. The number of nitrogens with two attached hydrogens (primary N) is 1. The maximum atomic E-state index is 10.9. The van der Waals surface area contributed by atoms with Gasteiger partial charge in [-0.3, -0.25) is 4.79 Å². The smallest absolute Gasteiger partial charge is 0.223 e. The van der Waals surface area contributed by atoms with Crippen molar-refractivity contribution in [2.75, 3.05) is 6.61 Å². The standard InChI is InChI=1S/C14H19NO3/c1-10(14(15)17)9-18-13-7-5-12(6-8-13)4-3-11(2)16/h5-8,10H,3-4,9H2,1-2H3,(H2,15,17). The van der Waals surface area contributed by atoms with E-state index >= 15 is 0 Å². The normalized spacial score (nSPS) is 11.9. The molecular weight excluding hydrogens is 230 g/mol. The third-order valence-corrected chi connectivity index (χ3v) is 2.67. The second-order valence-corrected chi connectivity index (χ2v) is 4.46. The Morgan fingerprint density at radius 1 is 1.28 bits per heavy atom. The van der Waals surface area contributed by atoms with Crippen LogP contribution in [-0.4, -0.2) is 18.3 Å². The van der Waals surface area contributed by atoms with Crippen molar-refractivity contribution in [3.63, 3.8) is 0 Å². The van der Waals surface area contributed by atoms with E-state index in [0.29, 0.717) is 12.2 Å². The Kier molecular flexibility index (Phi) is 5.36. The lowest BCUT2D eigenvalue weighted by atomic mass is 10.1. The van der Waals surface area contributed by atoms with Crippen LogP contribution in [0.3, 0.4) is 0 Å². The Morgan fingerprint density at radius 3 is 2.39 bits per heavy atom. The van der Waals surface area contributed by atoms with Crippen LogP contribution in [0.1, 0.15) is 25.8 Å². The summed E-state index contributed by atoms with van der Waals surface area (Å²) in [5, 5.41) is 0. The van der Waals surface area contributed by atoms with Gasteiger partial charge in [0.05, 0.1) is 12.5 Å². The van der Waals surface area contributed by atoms with Crippen molar-refractivity contribution in [3.05, 3.63) is 29.8 Å².